The number of para-hydroxylation sites is 4. The molecule has 2 saturated carbocycles. The Labute approximate surface area is 377 Å². The van der Waals surface area contributed by atoms with E-state index in [2.05, 4.69) is 89.1 Å². The first-order valence-corrected chi connectivity index (χ1v) is 23.8. The maximum Gasteiger partial charge on any atom is 0.255 e. The summed E-state index contributed by atoms with van der Waals surface area (Å²) in [4.78, 5) is 35.8. The lowest BCUT2D eigenvalue weighted by molar-refractivity contribution is 0.101. The van der Waals surface area contributed by atoms with Crippen LogP contribution in [0.3, 0.4) is 0 Å². The summed E-state index contributed by atoms with van der Waals surface area (Å²) in [6.45, 7) is 20.9. The summed E-state index contributed by atoms with van der Waals surface area (Å²) in [5.41, 5.74) is 18.5. The second-order valence-electron chi connectivity index (χ2n) is 20.4. The molecule has 0 radical (unpaired) electrons. The van der Waals surface area contributed by atoms with Crippen LogP contribution in [0.4, 0.5) is 34.1 Å². The van der Waals surface area contributed by atoms with Crippen LogP contribution in [0, 0.1) is 23.2 Å². The minimum Gasteiger partial charge on any atom is -0.397 e. The molecule has 10 heteroatoms. The summed E-state index contributed by atoms with van der Waals surface area (Å²) >= 11 is 0. The molecule has 10 nitrogen and oxygen atoms in total. The fourth-order valence-electron chi connectivity index (χ4n) is 9.30. The van der Waals surface area contributed by atoms with Crippen LogP contribution in [0.5, 0.6) is 0 Å². The zero-order chi connectivity index (χ0) is 44.5. The van der Waals surface area contributed by atoms with E-state index in [-0.39, 0.29) is 11.8 Å². The van der Waals surface area contributed by atoms with Gasteiger partial charge in [-0.2, -0.15) is 0 Å². The number of likely N-dealkylation sites (tertiary alicyclic amines) is 2. The molecule has 4 fully saturated rings. The van der Waals surface area contributed by atoms with Gasteiger partial charge in [-0.05, 0) is 147 Å². The average molecular weight is 855 g/mol. The number of amides is 2. The van der Waals surface area contributed by atoms with Crippen LogP contribution in [0.1, 0.15) is 107 Å². The van der Waals surface area contributed by atoms with Crippen LogP contribution in [0.15, 0.2) is 97.1 Å². The van der Waals surface area contributed by atoms with Gasteiger partial charge in [0.15, 0.2) is 0 Å². The molecule has 6 N–H and O–H groups in total. The Morgan fingerprint density at radius 1 is 0.587 bits per heavy atom. The summed E-state index contributed by atoms with van der Waals surface area (Å²) in [5.74, 6) is 2.13. The lowest BCUT2D eigenvalue weighted by atomic mass is 9.93. The minimum absolute atomic E-state index is 0.125. The molecule has 0 bridgehead atoms. The first-order valence-electron chi connectivity index (χ1n) is 23.8. The number of rotatable bonds is 15. The van der Waals surface area contributed by atoms with E-state index >= 15 is 0 Å². The highest BCUT2D eigenvalue weighted by Gasteiger charge is 2.33. The monoisotopic (exact) mass is 855 g/mol. The third kappa shape index (κ3) is 13.7. The summed E-state index contributed by atoms with van der Waals surface area (Å²) in [6, 6.07) is 32.1. The Balaban J connectivity index is 0.000000189. The molecule has 0 unspecified atom stereocenters. The molecule has 4 aromatic rings. The maximum absolute atomic E-state index is 12.7. The molecule has 0 spiro atoms. The summed E-state index contributed by atoms with van der Waals surface area (Å²) in [7, 11) is 0. The van der Waals surface area contributed by atoms with E-state index in [4.69, 9.17) is 11.5 Å². The molecule has 4 aliphatic rings. The van der Waals surface area contributed by atoms with Crippen LogP contribution in [-0.4, -0.2) is 86.1 Å². The van der Waals surface area contributed by atoms with Gasteiger partial charge in [0, 0.05) is 86.9 Å². The molecule has 2 heterocycles. The van der Waals surface area contributed by atoms with Crippen molar-refractivity contribution in [3.05, 3.63) is 108 Å². The Morgan fingerprint density at radius 3 is 1.32 bits per heavy atom. The maximum atomic E-state index is 12.7. The SMILES string of the molecule is CC(C)(C)CN1CCC(N(CC2CC2)c2ccc(C(=O)Nc3ccccc3N)cc2)CC1.CC(C)CN1CCC(N(CC2CC2)c2ccc(C(=O)Nc3ccccc3N)cc2)CC1. The second-order valence-corrected chi connectivity index (χ2v) is 20.4. The van der Waals surface area contributed by atoms with Crippen molar-refractivity contribution < 1.29 is 9.59 Å². The molecule has 2 aliphatic heterocycles. The van der Waals surface area contributed by atoms with Crippen molar-refractivity contribution in [2.75, 3.05) is 84.3 Å². The number of carbonyl (C=O) groups is 2. The van der Waals surface area contributed by atoms with E-state index in [0.717, 1.165) is 37.4 Å². The fraction of sp³-hybridized carbons (Fsp3) is 0.509. The predicted octanol–water partition coefficient (Wildman–Crippen LogP) is 10.1. The highest BCUT2D eigenvalue weighted by Crippen LogP contribution is 2.36. The lowest BCUT2D eigenvalue weighted by Crippen LogP contribution is -2.47. The van der Waals surface area contributed by atoms with Crippen LogP contribution in [0.25, 0.3) is 0 Å². The minimum atomic E-state index is -0.126. The highest BCUT2D eigenvalue weighted by atomic mass is 16.2. The first kappa shape index (κ1) is 45.9. The number of nitrogens with two attached hydrogens (primary N) is 2. The second kappa shape index (κ2) is 21.1. The lowest BCUT2D eigenvalue weighted by Gasteiger charge is -2.41. The summed E-state index contributed by atoms with van der Waals surface area (Å²) in [5, 5.41) is 5.84. The van der Waals surface area contributed by atoms with Crippen molar-refractivity contribution in [1.29, 1.82) is 0 Å². The molecule has 338 valence electrons. The van der Waals surface area contributed by atoms with Gasteiger partial charge in [-0.15, -0.1) is 0 Å². The Kier molecular flexibility index (Phi) is 15.4. The van der Waals surface area contributed by atoms with E-state index in [9.17, 15) is 9.59 Å². The van der Waals surface area contributed by atoms with Crippen LogP contribution in [-0.2, 0) is 0 Å². The highest BCUT2D eigenvalue weighted by molar-refractivity contribution is 6.06. The molecule has 2 saturated heterocycles. The van der Waals surface area contributed by atoms with E-state index in [1.165, 1.54) is 95.5 Å². The van der Waals surface area contributed by atoms with Gasteiger partial charge in [0.2, 0.25) is 0 Å². The first-order chi connectivity index (χ1) is 30.3. The number of piperidine rings is 2. The molecule has 4 aromatic carbocycles. The standard InChI is InChI=1S/C27H38N4O.C26H36N4O/c1-27(2,3)19-30-16-14-23(15-17-30)31(18-20-8-9-20)22-12-10-21(11-13-22)26(32)29-25-7-5-4-6-24(25)28;1-19(2)17-29-15-13-23(14-16-29)30(18-20-7-8-20)22-11-9-21(10-12-22)26(31)28-25-6-4-3-5-24(25)27/h4-7,10-13,20,23H,8-9,14-19,28H2,1-3H3,(H,29,32);3-6,9-12,19-20,23H,7-8,13-18,27H2,1-2H3,(H,28,31). The van der Waals surface area contributed by atoms with E-state index in [1.54, 1.807) is 12.1 Å². The molecule has 0 atom stereocenters. The molecule has 63 heavy (non-hydrogen) atoms. The number of nitrogen functional groups attached to an aromatic ring is 2. The van der Waals surface area contributed by atoms with Gasteiger partial charge in [0.05, 0.1) is 22.7 Å². The van der Waals surface area contributed by atoms with Gasteiger partial charge in [-0.3, -0.25) is 9.59 Å². The molecule has 8 rings (SSSR count). The van der Waals surface area contributed by atoms with Crippen molar-refractivity contribution in [2.45, 2.75) is 98.1 Å². The van der Waals surface area contributed by atoms with Crippen molar-refractivity contribution >= 4 is 45.9 Å². The summed E-state index contributed by atoms with van der Waals surface area (Å²) in [6.07, 6.45) is 10.2. The van der Waals surface area contributed by atoms with Gasteiger partial charge in [-0.25, -0.2) is 0 Å². The van der Waals surface area contributed by atoms with Crippen molar-refractivity contribution in [3.63, 3.8) is 0 Å². The van der Waals surface area contributed by atoms with Crippen LogP contribution < -0.4 is 31.9 Å². The largest absolute Gasteiger partial charge is 0.397 e. The molecular formula is C53H74N8O2. The zero-order valence-corrected chi connectivity index (χ0v) is 38.7. The van der Waals surface area contributed by atoms with E-state index < -0.39 is 0 Å². The number of hydrogen-bond acceptors (Lipinski definition) is 8. The molecule has 2 aliphatic carbocycles. The third-order valence-electron chi connectivity index (χ3n) is 13.0. The Morgan fingerprint density at radius 2 is 0.968 bits per heavy atom. The van der Waals surface area contributed by atoms with Gasteiger partial charge in [0.25, 0.3) is 11.8 Å². The van der Waals surface area contributed by atoms with Crippen molar-refractivity contribution in [2.24, 2.45) is 23.2 Å². The van der Waals surface area contributed by atoms with Crippen LogP contribution in [0.2, 0.25) is 0 Å². The topological polar surface area (TPSA) is 123 Å². The number of nitrogens with zero attached hydrogens (tertiary/aromatic N) is 4. The number of hydrogen-bond donors (Lipinski definition) is 4. The average Bonchev–Trinajstić information content (AvgIpc) is 4.22. The normalized spacial score (nSPS) is 17.7. The Bertz CT molecular complexity index is 2070. The van der Waals surface area contributed by atoms with Gasteiger partial charge >= 0.3 is 0 Å². The van der Waals surface area contributed by atoms with Crippen LogP contribution >= 0.6 is 0 Å². The third-order valence-corrected chi connectivity index (χ3v) is 13.0. The number of anilines is 6. The molecule has 0 aromatic heterocycles. The smallest absolute Gasteiger partial charge is 0.255 e. The fourth-order valence-corrected chi connectivity index (χ4v) is 9.30. The van der Waals surface area contributed by atoms with Gasteiger partial charge < -0.3 is 41.7 Å². The van der Waals surface area contributed by atoms with E-state index in [1.807, 2.05) is 60.7 Å². The van der Waals surface area contributed by atoms with Crippen molar-refractivity contribution in [3.8, 4) is 0 Å². The van der Waals surface area contributed by atoms with Crippen molar-refractivity contribution in [1.82, 2.24) is 9.80 Å². The van der Waals surface area contributed by atoms with Gasteiger partial charge in [-0.1, -0.05) is 58.9 Å². The number of benzene rings is 4. The molecular weight excluding hydrogens is 781 g/mol. The van der Waals surface area contributed by atoms with Gasteiger partial charge in [0.1, 0.15) is 0 Å². The quantitative estimate of drug-likeness (QED) is 0.0872. The Hall–Kier alpha value is -5.06. The van der Waals surface area contributed by atoms with E-state index in [0.29, 0.717) is 51.4 Å². The molecule has 2 amide bonds. The summed E-state index contributed by atoms with van der Waals surface area (Å²) < 4.78 is 0. The number of nitrogens with one attached hydrogen (secondary N) is 2. The zero-order valence-electron chi connectivity index (χ0n) is 38.7. The predicted molar refractivity (Wildman–Crippen MR) is 264 cm³/mol. The number of carbonyl (C=O) groups excluding carboxylic acids is 2.